The molecule has 1 heterocycles. The molecule has 0 unspecified atom stereocenters. The minimum atomic E-state index is -0.185. The van der Waals surface area contributed by atoms with Crippen LogP contribution in [0.5, 0.6) is 0 Å². The molecule has 0 radical (unpaired) electrons. The van der Waals surface area contributed by atoms with Gasteiger partial charge in [-0.3, -0.25) is 4.57 Å². The molecule has 1 saturated carbocycles. The highest BCUT2D eigenvalue weighted by atomic mass is 16.1. The number of nitrogens with one attached hydrogen (secondary N) is 1. The van der Waals surface area contributed by atoms with E-state index in [0.29, 0.717) is 12.6 Å². The third-order valence-corrected chi connectivity index (χ3v) is 2.95. The molecular weight excluding hydrogens is 214 g/mol. The summed E-state index contributed by atoms with van der Waals surface area (Å²) in [6.07, 6.45) is 2.52. The Kier molecular flexibility index (Phi) is 3.43. The van der Waals surface area contributed by atoms with Crippen molar-refractivity contribution in [2.24, 2.45) is 0 Å². The van der Waals surface area contributed by atoms with Gasteiger partial charge < -0.3 is 5.32 Å². The van der Waals surface area contributed by atoms with Gasteiger partial charge >= 0.3 is 5.69 Å². The Morgan fingerprint density at radius 1 is 1.59 bits per heavy atom. The van der Waals surface area contributed by atoms with Crippen molar-refractivity contribution in [3.63, 3.8) is 0 Å². The fraction of sp³-hybridized carbons (Fsp3) is 0.538. The van der Waals surface area contributed by atoms with Crippen molar-refractivity contribution in [3.8, 4) is 0 Å². The van der Waals surface area contributed by atoms with E-state index in [1.54, 1.807) is 4.57 Å². The van der Waals surface area contributed by atoms with Gasteiger partial charge in [-0.15, -0.1) is 0 Å². The lowest BCUT2D eigenvalue weighted by Crippen LogP contribution is -2.29. The number of aryl methyl sites for hydroxylation is 2. The molecule has 0 amide bonds. The SMILES string of the molecule is C=C(CNC1CC1)Cn1c(C)cc(C)nc1=O. The molecule has 0 aromatic carbocycles. The lowest BCUT2D eigenvalue weighted by Gasteiger charge is -2.12. The van der Waals surface area contributed by atoms with Crippen LogP contribution in [0.3, 0.4) is 0 Å². The molecule has 0 spiro atoms. The maximum Gasteiger partial charge on any atom is 0.348 e. The Morgan fingerprint density at radius 3 is 2.88 bits per heavy atom. The molecule has 2 rings (SSSR count). The van der Waals surface area contributed by atoms with Gasteiger partial charge in [0.25, 0.3) is 0 Å². The molecule has 0 atom stereocenters. The number of rotatable bonds is 5. The van der Waals surface area contributed by atoms with Crippen molar-refractivity contribution in [3.05, 3.63) is 40.1 Å². The van der Waals surface area contributed by atoms with Gasteiger partial charge in [0, 0.05) is 30.5 Å². The maximum absolute atomic E-state index is 11.7. The van der Waals surface area contributed by atoms with E-state index in [1.165, 1.54) is 12.8 Å². The predicted octanol–water partition coefficient (Wildman–Crippen LogP) is 1.17. The first-order valence-corrected chi connectivity index (χ1v) is 6.01. The standard InChI is InChI=1S/C13H19N3O/c1-9(7-14-12-4-5-12)8-16-11(3)6-10(2)15-13(16)17/h6,12,14H,1,4-5,7-8H2,2-3H3. The minimum Gasteiger partial charge on any atom is -0.310 e. The monoisotopic (exact) mass is 233 g/mol. The highest BCUT2D eigenvalue weighted by Gasteiger charge is 2.20. The summed E-state index contributed by atoms with van der Waals surface area (Å²) in [6, 6.07) is 2.59. The van der Waals surface area contributed by atoms with E-state index in [4.69, 9.17) is 0 Å². The second kappa shape index (κ2) is 4.84. The summed E-state index contributed by atoms with van der Waals surface area (Å²) in [6.45, 7) is 9.10. The van der Waals surface area contributed by atoms with Crippen LogP contribution in [-0.4, -0.2) is 22.1 Å². The summed E-state index contributed by atoms with van der Waals surface area (Å²) < 4.78 is 1.67. The van der Waals surface area contributed by atoms with Crippen molar-refractivity contribution >= 4 is 0 Å². The molecule has 1 aromatic heterocycles. The van der Waals surface area contributed by atoms with Crippen LogP contribution in [0.2, 0.25) is 0 Å². The first-order valence-electron chi connectivity index (χ1n) is 6.01. The normalized spacial score (nSPS) is 14.9. The smallest absolute Gasteiger partial charge is 0.310 e. The number of hydrogen-bond acceptors (Lipinski definition) is 3. The lowest BCUT2D eigenvalue weighted by molar-refractivity contribution is 0.642. The molecule has 1 aliphatic carbocycles. The summed E-state index contributed by atoms with van der Waals surface area (Å²) in [5.41, 5.74) is 2.54. The summed E-state index contributed by atoms with van der Waals surface area (Å²) in [7, 11) is 0. The van der Waals surface area contributed by atoms with E-state index in [2.05, 4.69) is 16.9 Å². The quantitative estimate of drug-likeness (QED) is 0.777. The van der Waals surface area contributed by atoms with Crippen molar-refractivity contribution in [2.75, 3.05) is 6.54 Å². The molecule has 4 nitrogen and oxygen atoms in total. The van der Waals surface area contributed by atoms with Crippen molar-refractivity contribution in [1.82, 2.24) is 14.9 Å². The zero-order chi connectivity index (χ0) is 12.4. The van der Waals surface area contributed by atoms with Gasteiger partial charge in [-0.2, -0.15) is 4.98 Å². The van der Waals surface area contributed by atoms with Crippen LogP contribution in [-0.2, 0) is 6.54 Å². The van der Waals surface area contributed by atoms with Gasteiger partial charge in [-0.05, 0) is 38.3 Å². The van der Waals surface area contributed by atoms with Crippen molar-refractivity contribution in [2.45, 2.75) is 39.3 Å². The Hall–Kier alpha value is -1.42. The fourth-order valence-corrected chi connectivity index (χ4v) is 1.82. The van der Waals surface area contributed by atoms with Gasteiger partial charge in [0.05, 0.1) is 0 Å². The molecule has 1 fully saturated rings. The highest BCUT2D eigenvalue weighted by molar-refractivity contribution is 5.09. The average Bonchev–Trinajstić information content (AvgIpc) is 3.04. The molecule has 4 heteroatoms. The van der Waals surface area contributed by atoms with Crippen molar-refractivity contribution < 1.29 is 0 Å². The fourth-order valence-electron chi connectivity index (χ4n) is 1.82. The van der Waals surface area contributed by atoms with Gasteiger partial charge in [0.2, 0.25) is 0 Å². The van der Waals surface area contributed by atoms with Crippen LogP contribution in [0.4, 0.5) is 0 Å². The first-order chi connectivity index (χ1) is 8.06. The third-order valence-electron chi connectivity index (χ3n) is 2.95. The van der Waals surface area contributed by atoms with E-state index in [9.17, 15) is 4.79 Å². The van der Waals surface area contributed by atoms with E-state index in [-0.39, 0.29) is 5.69 Å². The highest BCUT2D eigenvalue weighted by Crippen LogP contribution is 2.18. The van der Waals surface area contributed by atoms with E-state index in [1.807, 2.05) is 19.9 Å². The van der Waals surface area contributed by atoms with Crippen LogP contribution in [0.15, 0.2) is 23.0 Å². The first kappa shape index (κ1) is 12.0. The van der Waals surface area contributed by atoms with Crippen LogP contribution in [0.25, 0.3) is 0 Å². The Labute approximate surface area is 101 Å². The predicted molar refractivity (Wildman–Crippen MR) is 68.1 cm³/mol. The van der Waals surface area contributed by atoms with Crippen molar-refractivity contribution in [1.29, 1.82) is 0 Å². The summed E-state index contributed by atoms with van der Waals surface area (Å²) >= 11 is 0. The number of nitrogens with zero attached hydrogens (tertiary/aromatic N) is 2. The van der Waals surface area contributed by atoms with Gasteiger partial charge in [0.15, 0.2) is 0 Å². The van der Waals surface area contributed by atoms with Gasteiger partial charge in [-0.25, -0.2) is 4.79 Å². The lowest BCUT2D eigenvalue weighted by atomic mass is 10.2. The zero-order valence-corrected chi connectivity index (χ0v) is 10.5. The third kappa shape index (κ3) is 3.27. The number of hydrogen-bond donors (Lipinski definition) is 1. The van der Waals surface area contributed by atoms with Gasteiger partial charge in [0.1, 0.15) is 0 Å². The molecule has 1 aromatic rings. The van der Waals surface area contributed by atoms with Gasteiger partial charge in [-0.1, -0.05) is 6.58 Å². The summed E-state index contributed by atoms with van der Waals surface area (Å²) in [4.78, 5) is 15.7. The maximum atomic E-state index is 11.7. The summed E-state index contributed by atoms with van der Waals surface area (Å²) in [5.74, 6) is 0. The second-order valence-corrected chi connectivity index (χ2v) is 4.81. The molecular formula is C13H19N3O. The largest absolute Gasteiger partial charge is 0.348 e. The zero-order valence-electron chi connectivity index (χ0n) is 10.5. The van der Waals surface area contributed by atoms with Crippen LogP contribution < -0.4 is 11.0 Å². The molecule has 0 saturated heterocycles. The topological polar surface area (TPSA) is 46.9 Å². The molecule has 0 bridgehead atoms. The number of aromatic nitrogens is 2. The molecule has 0 aliphatic heterocycles. The van der Waals surface area contributed by atoms with Crippen LogP contribution in [0.1, 0.15) is 24.2 Å². The van der Waals surface area contributed by atoms with E-state index < -0.39 is 0 Å². The van der Waals surface area contributed by atoms with E-state index >= 15 is 0 Å². The second-order valence-electron chi connectivity index (χ2n) is 4.81. The summed E-state index contributed by atoms with van der Waals surface area (Å²) in [5, 5.41) is 3.39. The molecule has 1 aliphatic rings. The average molecular weight is 233 g/mol. The van der Waals surface area contributed by atoms with E-state index in [0.717, 1.165) is 23.5 Å². The Morgan fingerprint density at radius 2 is 2.29 bits per heavy atom. The molecule has 17 heavy (non-hydrogen) atoms. The Bertz CT molecular complexity index is 486. The Balaban J connectivity index is 2.01. The molecule has 1 N–H and O–H groups in total. The molecule has 92 valence electrons. The van der Waals surface area contributed by atoms with Crippen LogP contribution >= 0.6 is 0 Å². The van der Waals surface area contributed by atoms with Crippen LogP contribution in [0, 0.1) is 13.8 Å². The minimum absolute atomic E-state index is 0.185.